The quantitative estimate of drug-likeness (QED) is 0.135. The van der Waals surface area contributed by atoms with Crippen molar-refractivity contribution in [3.05, 3.63) is 113 Å². The number of esters is 2. The number of ether oxygens (including phenoxy) is 3. The molecular formula is C36H33F3N2O7. The number of amides is 2. The van der Waals surface area contributed by atoms with Gasteiger partial charge in [0.2, 0.25) is 0 Å². The molecule has 12 heteroatoms. The maximum atomic E-state index is 13.5. The summed E-state index contributed by atoms with van der Waals surface area (Å²) in [5.74, 6) is -1.67. The summed E-state index contributed by atoms with van der Waals surface area (Å²) in [6.45, 7) is 0. The smallest absolute Gasteiger partial charge is 0.416 e. The Balaban J connectivity index is 1.47. The molecule has 0 radical (unpaired) electrons. The lowest BCUT2D eigenvalue weighted by molar-refractivity contribution is -0.137. The summed E-state index contributed by atoms with van der Waals surface area (Å²) in [5.41, 5.74) is 1.68. The molecule has 0 heterocycles. The van der Waals surface area contributed by atoms with Gasteiger partial charge in [-0.15, -0.1) is 0 Å². The molecule has 0 aliphatic carbocycles. The fourth-order valence-corrected chi connectivity index (χ4v) is 4.84. The average Bonchev–Trinajstić information content (AvgIpc) is 3.07. The van der Waals surface area contributed by atoms with Crippen molar-refractivity contribution < 1.29 is 46.6 Å². The van der Waals surface area contributed by atoms with Crippen LogP contribution in [-0.2, 0) is 22.1 Å². The Bertz CT molecular complexity index is 1820. The fourth-order valence-electron chi connectivity index (χ4n) is 4.84. The molecular weight excluding hydrogens is 629 g/mol. The van der Waals surface area contributed by atoms with Crippen molar-refractivity contribution in [1.82, 2.24) is 4.90 Å². The minimum absolute atomic E-state index is 0.0398. The largest absolute Gasteiger partial charge is 0.493 e. The van der Waals surface area contributed by atoms with Gasteiger partial charge in [0, 0.05) is 26.1 Å². The van der Waals surface area contributed by atoms with E-state index in [1.807, 2.05) is 0 Å². The normalized spacial score (nSPS) is 11.0. The number of rotatable bonds is 11. The molecule has 9 nitrogen and oxygen atoms in total. The number of methoxy groups -OCH3 is 2. The van der Waals surface area contributed by atoms with Crippen LogP contribution in [0.4, 0.5) is 18.9 Å². The van der Waals surface area contributed by atoms with Crippen molar-refractivity contribution in [3.63, 3.8) is 0 Å². The van der Waals surface area contributed by atoms with E-state index in [1.54, 1.807) is 56.6 Å². The Morgan fingerprint density at radius 2 is 1.52 bits per heavy atom. The molecule has 0 saturated heterocycles. The van der Waals surface area contributed by atoms with Crippen LogP contribution in [0, 0.1) is 0 Å². The predicted octanol–water partition coefficient (Wildman–Crippen LogP) is 7.05. The van der Waals surface area contributed by atoms with Crippen LogP contribution in [0.2, 0.25) is 0 Å². The van der Waals surface area contributed by atoms with Crippen LogP contribution < -0.4 is 14.8 Å². The molecule has 0 atom stereocenters. The van der Waals surface area contributed by atoms with Gasteiger partial charge in [0.1, 0.15) is 0 Å². The van der Waals surface area contributed by atoms with Gasteiger partial charge in [-0.2, -0.15) is 13.2 Å². The number of carbonyl (C=O) groups excluding carboxylic acids is 4. The molecule has 0 fully saturated rings. The minimum Gasteiger partial charge on any atom is -0.493 e. The van der Waals surface area contributed by atoms with Crippen LogP contribution in [0.3, 0.4) is 0 Å². The molecule has 0 aromatic heterocycles. The Hall–Kier alpha value is -5.65. The Morgan fingerprint density at radius 1 is 0.812 bits per heavy atom. The van der Waals surface area contributed by atoms with E-state index in [2.05, 4.69) is 5.32 Å². The van der Waals surface area contributed by atoms with Crippen molar-refractivity contribution >= 4 is 29.4 Å². The zero-order valence-corrected chi connectivity index (χ0v) is 26.6. The number of carbonyl (C=O) groups is 4. The SMILES string of the molecule is COC(=O)c1ccc(OC(=O)CCCc2ccc(NC(=O)c3ccccc3-c3ccc(C(F)(F)F)cc3)c(C(=O)N(C)C)c2)c(OC)c1. The summed E-state index contributed by atoms with van der Waals surface area (Å²) < 4.78 is 54.6. The number of nitrogens with zero attached hydrogens (tertiary/aromatic N) is 1. The van der Waals surface area contributed by atoms with Gasteiger partial charge in [-0.25, -0.2) is 4.79 Å². The third kappa shape index (κ3) is 8.58. The number of anilines is 1. The molecule has 4 rings (SSSR count). The number of hydrogen-bond donors (Lipinski definition) is 1. The maximum Gasteiger partial charge on any atom is 0.416 e. The highest BCUT2D eigenvalue weighted by atomic mass is 19.4. The van der Waals surface area contributed by atoms with E-state index in [4.69, 9.17) is 14.2 Å². The van der Waals surface area contributed by atoms with Crippen LogP contribution in [-0.4, -0.2) is 57.0 Å². The van der Waals surface area contributed by atoms with Gasteiger partial charge in [0.15, 0.2) is 11.5 Å². The summed E-state index contributed by atoms with van der Waals surface area (Å²) in [6, 6.07) is 20.3. The van der Waals surface area contributed by atoms with Crippen molar-refractivity contribution in [3.8, 4) is 22.6 Å². The zero-order chi connectivity index (χ0) is 35.0. The van der Waals surface area contributed by atoms with E-state index in [1.165, 1.54) is 49.5 Å². The van der Waals surface area contributed by atoms with Crippen molar-refractivity contribution in [1.29, 1.82) is 0 Å². The van der Waals surface area contributed by atoms with E-state index < -0.39 is 29.6 Å². The van der Waals surface area contributed by atoms with Crippen LogP contribution in [0.5, 0.6) is 11.5 Å². The summed E-state index contributed by atoms with van der Waals surface area (Å²) >= 11 is 0. The molecule has 0 saturated carbocycles. The van der Waals surface area contributed by atoms with E-state index in [0.29, 0.717) is 24.0 Å². The highest BCUT2D eigenvalue weighted by molar-refractivity contribution is 6.11. The summed E-state index contributed by atoms with van der Waals surface area (Å²) in [7, 11) is 5.77. The topological polar surface area (TPSA) is 111 Å². The summed E-state index contributed by atoms with van der Waals surface area (Å²) in [6.07, 6.45) is -3.66. The van der Waals surface area contributed by atoms with Gasteiger partial charge in [0.05, 0.1) is 36.6 Å². The lowest BCUT2D eigenvalue weighted by Crippen LogP contribution is -2.24. The molecule has 250 valence electrons. The first kappa shape index (κ1) is 35.2. The molecule has 4 aromatic rings. The molecule has 0 spiro atoms. The molecule has 0 aliphatic heterocycles. The van der Waals surface area contributed by atoms with Crippen molar-refractivity contribution in [2.45, 2.75) is 25.4 Å². The lowest BCUT2D eigenvalue weighted by atomic mass is 9.97. The first-order valence-electron chi connectivity index (χ1n) is 14.7. The molecule has 0 unspecified atom stereocenters. The Labute approximate surface area is 275 Å². The van der Waals surface area contributed by atoms with Gasteiger partial charge < -0.3 is 24.4 Å². The standard InChI is InChI=1S/C36H33F3N2O7/c1-41(2)34(44)28-20-22(8-7-11-32(42)48-30-19-15-24(35(45)47-4)21-31(30)46-3)12-18-29(28)40-33(43)27-10-6-5-9-26(27)23-13-16-25(17-14-23)36(37,38)39/h5-6,9-10,12-21H,7-8,11H2,1-4H3,(H,40,43). The zero-order valence-electron chi connectivity index (χ0n) is 26.6. The first-order valence-corrected chi connectivity index (χ1v) is 14.7. The Kier molecular flexibility index (Phi) is 11.2. The van der Waals surface area contributed by atoms with E-state index in [-0.39, 0.29) is 46.2 Å². The van der Waals surface area contributed by atoms with Crippen LogP contribution in [0.25, 0.3) is 11.1 Å². The summed E-state index contributed by atoms with van der Waals surface area (Å²) in [5, 5.41) is 2.78. The predicted molar refractivity (Wildman–Crippen MR) is 172 cm³/mol. The second kappa shape index (κ2) is 15.3. The minimum atomic E-state index is -4.49. The van der Waals surface area contributed by atoms with Crippen molar-refractivity contribution in [2.75, 3.05) is 33.6 Å². The van der Waals surface area contributed by atoms with E-state index in [9.17, 15) is 32.3 Å². The van der Waals surface area contributed by atoms with Gasteiger partial charge in [-0.05, 0) is 78.1 Å². The van der Waals surface area contributed by atoms with E-state index in [0.717, 1.165) is 17.7 Å². The number of halogens is 3. The molecule has 48 heavy (non-hydrogen) atoms. The average molecular weight is 663 g/mol. The Morgan fingerprint density at radius 3 is 2.17 bits per heavy atom. The summed E-state index contributed by atoms with van der Waals surface area (Å²) in [4.78, 5) is 52.3. The number of hydrogen-bond acceptors (Lipinski definition) is 7. The number of alkyl halides is 3. The third-order valence-corrected chi connectivity index (χ3v) is 7.32. The van der Waals surface area contributed by atoms with Crippen LogP contribution in [0.15, 0.2) is 84.9 Å². The molecule has 2 amide bonds. The number of nitrogens with one attached hydrogen (secondary N) is 1. The second-order valence-electron chi connectivity index (χ2n) is 10.8. The highest BCUT2D eigenvalue weighted by Crippen LogP contribution is 2.33. The molecule has 1 N–H and O–H groups in total. The monoisotopic (exact) mass is 662 g/mol. The van der Waals surface area contributed by atoms with Gasteiger partial charge >= 0.3 is 18.1 Å². The first-order chi connectivity index (χ1) is 22.8. The van der Waals surface area contributed by atoms with Crippen molar-refractivity contribution in [2.24, 2.45) is 0 Å². The fraction of sp³-hybridized carbons (Fsp3) is 0.222. The van der Waals surface area contributed by atoms with Gasteiger partial charge in [-0.3, -0.25) is 14.4 Å². The lowest BCUT2D eigenvalue weighted by Gasteiger charge is -2.17. The molecule has 0 bridgehead atoms. The second-order valence-corrected chi connectivity index (χ2v) is 10.8. The van der Waals surface area contributed by atoms with Gasteiger partial charge in [-0.1, -0.05) is 36.4 Å². The maximum absolute atomic E-state index is 13.5. The highest BCUT2D eigenvalue weighted by Gasteiger charge is 2.30. The third-order valence-electron chi connectivity index (χ3n) is 7.32. The molecule has 0 aliphatic rings. The number of benzene rings is 4. The van der Waals surface area contributed by atoms with Gasteiger partial charge in [0.25, 0.3) is 11.8 Å². The van der Waals surface area contributed by atoms with Crippen LogP contribution >= 0.6 is 0 Å². The van der Waals surface area contributed by atoms with E-state index >= 15 is 0 Å². The number of aryl methyl sites for hydroxylation is 1. The van der Waals surface area contributed by atoms with Crippen LogP contribution in [0.1, 0.15) is 55.0 Å². The molecule has 4 aromatic carbocycles.